The van der Waals surface area contributed by atoms with Gasteiger partial charge in [-0.1, -0.05) is 0 Å². The third kappa shape index (κ3) is 4.08. The monoisotopic (exact) mass is 471 g/mol. The molecule has 2 atom stereocenters. The lowest BCUT2D eigenvalue weighted by molar-refractivity contribution is -0.389. The Labute approximate surface area is 191 Å². The van der Waals surface area contributed by atoms with E-state index in [1.165, 1.54) is 34.0 Å². The third-order valence-corrected chi connectivity index (χ3v) is 5.39. The summed E-state index contributed by atoms with van der Waals surface area (Å²) in [4.78, 5) is 31.4. The van der Waals surface area contributed by atoms with Crippen LogP contribution in [0.1, 0.15) is 0 Å². The van der Waals surface area contributed by atoms with Crippen LogP contribution in [-0.4, -0.2) is 62.6 Å². The molecule has 3 aromatic rings. The molecule has 1 fully saturated rings. The molecule has 0 spiro atoms. The van der Waals surface area contributed by atoms with Gasteiger partial charge in [-0.3, -0.25) is 9.47 Å². The fourth-order valence-corrected chi connectivity index (χ4v) is 3.74. The molecule has 0 saturated carbocycles. The molecular formula is C21H18FN5O7. The van der Waals surface area contributed by atoms with Gasteiger partial charge in [0.1, 0.15) is 24.7 Å². The summed E-state index contributed by atoms with van der Waals surface area (Å²) in [5.41, 5.74) is 1.11. The van der Waals surface area contributed by atoms with E-state index in [0.717, 1.165) is 0 Å². The number of hydrogen-bond acceptors (Lipinski definition) is 9. The lowest BCUT2D eigenvalue weighted by atomic mass is 10.1. The number of nitro groups is 1. The van der Waals surface area contributed by atoms with Crippen LogP contribution >= 0.6 is 0 Å². The van der Waals surface area contributed by atoms with Crippen molar-refractivity contribution in [3.63, 3.8) is 0 Å². The number of ether oxygens (including phenoxy) is 3. The van der Waals surface area contributed by atoms with Crippen molar-refractivity contribution in [1.29, 1.82) is 0 Å². The number of carbonyl (C=O) groups excluding carboxylic acids is 1. The highest BCUT2D eigenvalue weighted by Crippen LogP contribution is 2.30. The van der Waals surface area contributed by atoms with Crippen molar-refractivity contribution in [1.82, 2.24) is 14.5 Å². The van der Waals surface area contributed by atoms with E-state index in [1.54, 1.807) is 18.2 Å². The number of carbonyl (C=O) groups is 1. The normalized spacial score (nSPS) is 19.4. The van der Waals surface area contributed by atoms with Crippen LogP contribution in [-0.2, 0) is 11.3 Å². The summed E-state index contributed by atoms with van der Waals surface area (Å²) in [7, 11) is 0. The molecule has 2 aliphatic rings. The summed E-state index contributed by atoms with van der Waals surface area (Å²) in [5.74, 6) is -0.577. The highest BCUT2D eigenvalue weighted by molar-refractivity contribution is 5.90. The summed E-state index contributed by atoms with van der Waals surface area (Å²) in [6, 6.07) is 7.72. The van der Waals surface area contributed by atoms with Gasteiger partial charge in [0, 0.05) is 28.4 Å². The minimum absolute atomic E-state index is 0.139. The van der Waals surface area contributed by atoms with E-state index in [0.29, 0.717) is 17.8 Å². The number of amides is 1. The minimum atomic E-state index is -0.642. The Bertz CT molecular complexity index is 1250. The van der Waals surface area contributed by atoms with Crippen LogP contribution in [0.25, 0.3) is 11.1 Å². The van der Waals surface area contributed by atoms with Crippen molar-refractivity contribution in [3.05, 3.63) is 58.7 Å². The molecule has 1 saturated heterocycles. The van der Waals surface area contributed by atoms with E-state index in [1.807, 2.05) is 0 Å². The second-order valence-electron chi connectivity index (χ2n) is 7.69. The van der Waals surface area contributed by atoms with Crippen LogP contribution in [0.15, 0.2) is 42.7 Å². The quantitative estimate of drug-likeness (QED) is 0.423. The molecule has 1 amide bonds. The number of benzene rings is 1. The van der Waals surface area contributed by atoms with Gasteiger partial charge in [-0.15, -0.1) is 0 Å². The number of fused-ring (bicyclic) bond motifs is 1. The van der Waals surface area contributed by atoms with Gasteiger partial charge in [-0.2, -0.15) is 0 Å². The highest BCUT2D eigenvalue weighted by atomic mass is 19.1. The van der Waals surface area contributed by atoms with Crippen LogP contribution in [0, 0.1) is 15.9 Å². The van der Waals surface area contributed by atoms with Crippen molar-refractivity contribution in [2.24, 2.45) is 0 Å². The van der Waals surface area contributed by atoms with Gasteiger partial charge in [-0.05, 0) is 29.2 Å². The smallest absolute Gasteiger partial charge is 0.414 e. The van der Waals surface area contributed by atoms with E-state index in [-0.39, 0.29) is 43.0 Å². The first-order valence-electron chi connectivity index (χ1n) is 10.3. The summed E-state index contributed by atoms with van der Waals surface area (Å²) in [6.45, 7) is 0.273. The zero-order chi connectivity index (χ0) is 23.8. The van der Waals surface area contributed by atoms with Crippen molar-refractivity contribution >= 4 is 17.6 Å². The van der Waals surface area contributed by atoms with Gasteiger partial charge in [0.15, 0.2) is 6.10 Å². The molecule has 5 rings (SSSR count). The number of aliphatic hydroxyl groups excluding tert-OH is 1. The minimum Gasteiger partial charge on any atom is -0.469 e. The van der Waals surface area contributed by atoms with Crippen molar-refractivity contribution in [3.8, 4) is 23.0 Å². The van der Waals surface area contributed by atoms with Crippen LogP contribution < -0.4 is 14.4 Å². The molecule has 2 aliphatic heterocycles. The first-order valence-corrected chi connectivity index (χ1v) is 10.3. The lowest BCUT2D eigenvalue weighted by Gasteiger charge is -2.22. The molecule has 0 aliphatic carbocycles. The number of hydrogen-bond donors (Lipinski definition) is 1. The molecule has 4 heterocycles. The second-order valence-corrected chi connectivity index (χ2v) is 7.69. The Balaban J connectivity index is 1.26. The Morgan fingerprint density at radius 1 is 1.29 bits per heavy atom. The van der Waals surface area contributed by atoms with E-state index < -0.39 is 29.0 Å². The third-order valence-electron chi connectivity index (χ3n) is 5.39. The van der Waals surface area contributed by atoms with Crippen LogP contribution in [0.2, 0.25) is 0 Å². The van der Waals surface area contributed by atoms with E-state index in [9.17, 15) is 19.3 Å². The molecule has 13 heteroatoms. The summed E-state index contributed by atoms with van der Waals surface area (Å²) in [5, 5.41) is 20.0. The number of cyclic esters (lactones) is 1. The topological polar surface area (TPSA) is 142 Å². The van der Waals surface area contributed by atoms with Gasteiger partial charge in [0.2, 0.25) is 5.88 Å². The first kappa shape index (κ1) is 21.6. The summed E-state index contributed by atoms with van der Waals surface area (Å²) < 4.78 is 32.5. The van der Waals surface area contributed by atoms with Crippen LogP contribution in [0.3, 0.4) is 0 Å². The number of aromatic nitrogens is 3. The van der Waals surface area contributed by atoms with E-state index >= 15 is 0 Å². The van der Waals surface area contributed by atoms with Gasteiger partial charge < -0.3 is 29.4 Å². The number of rotatable bonds is 6. The maximum atomic E-state index is 14.8. The Morgan fingerprint density at radius 2 is 2.15 bits per heavy atom. The van der Waals surface area contributed by atoms with Crippen LogP contribution in [0.4, 0.5) is 20.7 Å². The number of anilines is 1. The first-order chi connectivity index (χ1) is 16.4. The molecule has 2 aromatic heterocycles. The largest absolute Gasteiger partial charge is 0.469 e. The maximum Gasteiger partial charge on any atom is 0.414 e. The number of nitrogens with zero attached hydrogens (tertiary/aromatic N) is 5. The van der Waals surface area contributed by atoms with Crippen molar-refractivity contribution in [2.45, 2.75) is 18.8 Å². The molecule has 0 unspecified atom stereocenters. The molecule has 0 bridgehead atoms. The molecule has 1 N–H and O–H groups in total. The molecule has 12 nitrogen and oxygen atoms in total. The van der Waals surface area contributed by atoms with E-state index in [2.05, 4.69) is 9.97 Å². The number of imidazole rings is 1. The zero-order valence-electron chi connectivity index (χ0n) is 17.5. The average molecular weight is 471 g/mol. The SMILES string of the molecule is O=C1O[C@H](CO)CN1c1ccc(-c2ccc(O[C@H]3COc4nc([N+](=O)[O-])cn4C3)nc2)c(F)c1. The van der Waals surface area contributed by atoms with E-state index in [4.69, 9.17) is 19.3 Å². The average Bonchev–Trinajstić information content (AvgIpc) is 3.43. The fourth-order valence-electron chi connectivity index (χ4n) is 3.74. The number of aliphatic hydroxyl groups is 1. The Kier molecular flexibility index (Phi) is 5.45. The molecule has 1 aromatic carbocycles. The fraction of sp³-hybridized carbons (Fsp3) is 0.286. The van der Waals surface area contributed by atoms with Gasteiger partial charge in [0.25, 0.3) is 0 Å². The molecule has 34 heavy (non-hydrogen) atoms. The lowest BCUT2D eigenvalue weighted by Crippen LogP contribution is -2.34. The second kappa shape index (κ2) is 8.59. The molecular weight excluding hydrogens is 453 g/mol. The Morgan fingerprint density at radius 3 is 2.82 bits per heavy atom. The summed E-state index contributed by atoms with van der Waals surface area (Å²) in [6.07, 6.45) is 1.00. The predicted octanol–water partition coefficient (Wildman–Crippen LogP) is 2.15. The molecule has 0 radical (unpaired) electrons. The van der Waals surface area contributed by atoms with Gasteiger partial charge in [0.05, 0.1) is 25.4 Å². The number of pyridine rings is 1. The highest BCUT2D eigenvalue weighted by Gasteiger charge is 2.32. The van der Waals surface area contributed by atoms with Gasteiger partial charge >= 0.3 is 17.9 Å². The van der Waals surface area contributed by atoms with Crippen molar-refractivity contribution in [2.75, 3.05) is 24.7 Å². The zero-order valence-corrected chi connectivity index (χ0v) is 17.5. The Hall–Kier alpha value is -4.26. The number of halogens is 1. The van der Waals surface area contributed by atoms with Gasteiger partial charge in [-0.25, -0.2) is 14.2 Å². The maximum absolute atomic E-state index is 14.8. The predicted molar refractivity (Wildman–Crippen MR) is 113 cm³/mol. The van der Waals surface area contributed by atoms with Crippen molar-refractivity contribution < 1.29 is 33.4 Å². The standard InChI is InChI=1S/C21H18FN5O7/c22-17-5-13(26-8-14(10-28)34-21(26)29)2-3-16(17)12-1-4-19(23-6-12)33-15-7-25-9-18(27(30)31)24-20(25)32-11-15/h1-6,9,14-15,28H,7-8,10-11H2/t14-,15+/m0/s1. The van der Waals surface area contributed by atoms with Crippen LogP contribution in [0.5, 0.6) is 11.9 Å². The molecule has 176 valence electrons. The summed E-state index contributed by atoms with van der Waals surface area (Å²) >= 11 is 0.